The Morgan fingerprint density at radius 2 is 2.25 bits per heavy atom. The van der Waals surface area contributed by atoms with E-state index >= 15 is 0 Å². The van der Waals surface area contributed by atoms with E-state index in [2.05, 4.69) is 15.9 Å². The fraction of sp³-hybridized carbons (Fsp3) is 0.385. The Bertz CT molecular complexity index is 537. The largest absolute Gasteiger partial charge is 0.480 e. The van der Waals surface area contributed by atoms with Gasteiger partial charge in [0.1, 0.15) is 5.82 Å². The number of carboxylic acid groups (broad SMARTS) is 1. The molecule has 1 fully saturated rings. The third kappa shape index (κ3) is 3.34. The van der Waals surface area contributed by atoms with Crippen molar-refractivity contribution >= 4 is 27.8 Å². The SMILES string of the molecule is O=C(O)[C@@H]1COCCN1C(=O)Cc1ccc(F)c(Br)c1. The van der Waals surface area contributed by atoms with E-state index in [9.17, 15) is 14.0 Å². The van der Waals surface area contributed by atoms with Gasteiger partial charge >= 0.3 is 5.97 Å². The second-order valence-electron chi connectivity index (χ2n) is 4.44. The molecule has 1 aromatic carbocycles. The monoisotopic (exact) mass is 345 g/mol. The van der Waals surface area contributed by atoms with Crippen molar-refractivity contribution in [1.29, 1.82) is 0 Å². The quantitative estimate of drug-likeness (QED) is 0.900. The summed E-state index contributed by atoms with van der Waals surface area (Å²) in [5, 5.41) is 9.07. The third-order valence-electron chi connectivity index (χ3n) is 3.07. The molecule has 5 nitrogen and oxygen atoms in total. The van der Waals surface area contributed by atoms with E-state index in [-0.39, 0.29) is 30.0 Å². The lowest BCUT2D eigenvalue weighted by Crippen LogP contribution is -2.53. The van der Waals surface area contributed by atoms with Crippen LogP contribution in [0.5, 0.6) is 0 Å². The van der Waals surface area contributed by atoms with Crippen LogP contribution in [0.4, 0.5) is 4.39 Å². The molecule has 1 aliphatic rings. The fourth-order valence-electron chi connectivity index (χ4n) is 2.03. The van der Waals surface area contributed by atoms with E-state index in [0.29, 0.717) is 12.2 Å². The second kappa shape index (κ2) is 6.32. The first kappa shape index (κ1) is 14.9. The van der Waals surface area contributed by atoms with Crippen molar-refractivity contribution in [3.63, 3.8) is 0 Å². The number of morpholine rings is 1. The smallest absolute Gasteiger partial charge is 0.328 e. The van der Waals surface area contributed by atoms with Crippen molar-refractivity contribution in [3.05, 3.63) is 34.1 Å². The predicted molar refractivity (Wildman–Crippen MR) is 71.8 cm³/mol. The average molecular weight is 346 g/mol. The Labute approximate surface area is 123 Å². The minimum Gasteiger partial charge on any atom is -0.480 e. The van der Waals surface area contributed by atoms with Crippen molar-refractivity contribution in [2.75, 3.05) is 19.8 Å². The molecule has 0 radical (unpaired) electrons. The number of ether oxygens (including phenoxy) is 1. The summed E-state index contributed by atoms with van der Waals surface area (Å²) in [6, 6.07) is 3.33. The number of benzene rings is 1. The molecule has 7 heteroatoms. The molecule has 1 atom stereocenters. The lowest BCUT2D eigenvalue weighted by atomic mass is 10.1. The zero-order valence-corrected chi connectivity index (χ0v) is 12.1. The van der Waals surface area contributed by atoms with Gasteiger partial charge in [0.25, 0.3) is 0 Å². The standard InChI is InChI=1S/C13H13BrFNO4/c14-9-5-8(1-2-10(9)15)6-12(17)16-3-4-20-7-11(16)13(18)19/h1-2,5,11H,3-4,6-7H2,(H,18,19)/t11-/m0/s1. The number of rotatable bonds is 3. The molecule has 0 bridgehead atoms. The van der Waals surface area contributed by atoms with Gasteiger partial charge in [-0.1, -0.05) is 6.07 Å². The van der Waals surface area contributed by atoms with Crippen LogP contribution in [-0.4, -0.2) is 47.7 Å². The van der Waals surface area contributed by atoms with Crippen molar-refractivity contribution in [2.24, 2.45) is 0 Å². The van der Waals surface area contributed by atoms with Gasteiger partial charge in [0.05, 0.1) is 24.1 Å². The predicted octanol–water partition coefficient (Wildman–Crippen LogP) is 1.44. The Morgan fingerprint density at radius 3 is 2.90 bits per heavy atom. The summed E-state index contributed by atoms with van der Waals surface area (Å²) >= 11 is 3.05. The number of carboxylic acids is 1. The van der Waals surface area contributed by atoms with Crippen LogP contribution in [0.25, 0.3) is 0 Å². The summed E-state index contributed by atoms with van der Waals surface area (Å²) in [6.45, 7) is 0.564. The number of nitrogens with zero attached hydrogens (tertiary/aromatic N) is 1. The van der Waals surface area contributed by atoms with Gasteiger partial charge in [-0.15, -0.1) is 0 Å². The van der Waals surface area contributed by atoms with Crippen molar-refractivity contribution in [2.45, 2.75) is 12.5 Å². The molecule has 1 heterocycles. The first-order valence-electron chi connectivity index (χ1n) is 6.03. The molecular weight excluding hydrogens is 333 g/mol. The molecule has 0 spiro atoms. The van der Waals surface area contributed by atoms with Crippen LogP contribution in [-0.2, 0) is 20.7 Å². The molecule has 108 valence electrons. The zero-order valence-electron chi connectivity index (χ0n) is 10.5. The van der Waals surface area contributed by atoms with Crippen molar-refractivity contribution in [3.8, 4) is 0 Å². The van der Waals surface area contributed by atoms with E-state index < -0.39 is 17.8 Å². The van der Waals surface area contributed by atoms with Crippen molar-refractivity contribution < 1.29 is 23.8 Å². The Kier molecular flexibility index (Phi) is 4.72. The van der Waals surface area contributed by atoms with E-state index in [1.54, 1.807) is 0 Å². The molecule has 0 aromatic heterocycles. The number of carbonyl (C=O) groups is 2. The molecule has 1 aliphatic heterocycles. The van der Waals surface area contributed by atoms with E-state index in [1.165, 1.54) is 23.1 Å². The molecule has 1 N–H and O–H groups in total. The highest BCUT2D eigenvalue weighted by Gasteiger charge is 2.32. The normalized spacial score (nSPS) is 18.9. The van der Waals surface area contributed by atoms with Crippen LogP contribution in [0.2, 0.25) is 0 Å². The molecular formula is C13H13BrFNO4. The van der Waals surface area contributed by atoms with E-state index in [1.807, 2.05) is 0 Å². The molecule has 0 aliphatic carbocycles. The number of halogens is 2. The lowest BCUT2D eigenvalue weighted by Gasteiger charge is -2.32. The fourth-order valence-corrected chi connectivity index (χ4v) is 2.46. The van der Waals surface area contributed by atoms with Gasteiger partial charge in [0, 0.05) is 6.54 Å². The summed E-state index contributed by atoms with van der Waals surface area (Å²) in [5.41, 5.74) is 0.624. The highest BCUT2D eigenvalue weighted by Crippen LogP contribution is 2.18. The van der Waals surface area contributed by atoms with Gasteiger partial charge in [0.15, 0.2) is 6.04 Å². The van der Waals surface area contributed by atoms with Gasteiger partial charge in [-0.25, -0.2) is 9.18 Å². The van der Waals surface area contributed by atoms with Gasteiger partial charge in [-0.05, 0) is 33.6 Å². The highest BCUT2D eigenvalue weighted by atomic mass is 79.9. The number of carbonyl (C=O) groups excluding carboxylic acids is 1. The Balaban J connectivity index is 2.09. The molecule has 2 rings (SSSR count). The maximum Gasteiger partial charge on any atom is 0.328 e. The number of hydrogen-bond donors (Lipinski definition) is 1. The first-order valence-corrected chi connectivity index (χ1v) is 6.82. The van der Waals surface area contributed by atoms with Gasteiger partial charge < -0.3 is 14.7 Å². The zero-order chi connectivity index (χ0) is 14.7. The third-order valence-corrected chi connectivity index (χ3v) is 3.68. The molecule has 1 amide bonds. The maximum absolute atomic E-state index is 13.1. The van der Waals surface area contributed by atoms with E-state index in [4.69, 9.17) is 9.84 Å². The maximum atomic E-state index is 13.1. The first-order chi connectivity index (χ1) is 9.49. The molecule has 0 unspecified atom stereocenters. The number of aliphatic carboxylic acids is 1. The summed E-state index contributed by atoms with van der Waals surface area (Å²) < 4.78 is 18.5. The molecule has 20 heavy (non-hydrogen) atoms. The van der Waals surface area contributed by atoms with Crippen LogP contribution in [0.15, 0.2) is 22.7 Å². The van der Waals surface area contributed by atoms with Crippen LogP contribution in [0, 0.1) is 5.82 Å². The minimum atomic E-state index is -1.08. The van der Waals surface area contributed by atoms with Crippen LogP contribution in [0.1, 0.15) is 5.56 Å². The lowest BCUT2D eigenvalue weighted by molar-refractivity contribution is -0.158. The minimum absolute atomic E-state index is 0.00577. The number of amides is 1. The van der Waals surface area contributed by atoms with Crippen LogP contribution < -0.4 is 0 Å². The second-order valence-corrected chi connectivity index (χ2v) is 5.30. The summed E-state index contributed by atoms with van der Waals surface area (Å²) in [7, 11) is 0. The topological polar surface area (TPSA) is 66.8 Å². The van der Waals surface area contributed by atoms with E-state index in [0.717, 1.165) is 0 Å². The average Bonchev–Trinajstić information content (AvgIpc) is 2.43. The molecule has 1 aromatic rings. The Hall–Kier alpha value is -1.47. The molecule has 1 saturated heterocycles. The Morgan fingerprint density at radius 1 is 1.50 bits per heavy atom. The van der Waals surface area contributed by atoms with Crippen molar-refractivity contribution in [1.82, 2.24) is 4.90 Å². The number of hydrogen-bond acceptors (Lipinski definition) is 3. The van der Waals surface area contributed by atoms with Gasteiger partial charge in [0.2, 0.25) is 5.91 Å². The summed E-state index contributed by atoms with van der Waals surface area (Å²) in [4.78, 5) is 24.6. The van der Waals surface area contributed by atoms with Gasteiger partial charge in [-0.3, -0.25) is 4.79 Å². The van der Waals surface area contributed by atoms with Crippen LogP contribution >= 0.6 is 15.9 Å². The summed E-state index contributed by atoms with van der Waals surface area (Å²) in [6.07, 6.45) is 0.0304. The van der Waals surface area contributed by atoms with Gasteiger partial charge in [-0.2, -0.15) is 0 Å². The highest BCUT2D eigenvalue weighted by molar-refractivity contribution is 9.10. The van der Waals surface area contributed by atoms with Crippen LogP contribution in [0.3, 0.4) is 0 Å². The summed E-state index contributed by atoms with van der Waals surface area (Å²) in [5.74, 6) is -1.80. The molecule has 0 saturated carbocycles.